The van der Waals surface area contributed by atoms with E-state index in [2.05, 4.69) is 27.4 Å². The highest BCUT2D eigenvalue weighted by molar-refractivity contribution is 5.79. The molecule has 0 aromatic heterocycles. The molecule has 0 unspecified atom stereocenters. The zero-order valence-corrected chi connectivity index (χ0v) is 13.6. The SMILES string of the molecule is CN=C(NCCN1CCC(C)CC1)NCc1ccc(F)cc1. The maximum atomic E-state index is 12.9. The number of rotatable bonds is 5. The van der Waals surface area contributed by atoms with Gasteiger partial charge in [0.05, 0.1) is 0 Å². The maximum Gasteiger partial charge on any atom is 0.191 e. The van der Waals surface area contributed by atoms with Gasteiger partial charge in [0.1, 0.15) is 5.82 Å². The van der Waals surface area contributed by atoms with Crippen molar-refractivity contribution in [3.8, 4) is 0 Å². The molecule has 0 radical (unpaired) electrons. The molecule has 0 aliphatic carbocycles. The molecule has 1 aliphatic heterocycles. The van der Waals surface area contributed by atoms with Crippen LogP contribution >= 0.6 is 0 Å². The molecule has 1 fully saturated rings. The Labute approximate surface area is 132 Å². The fraction of sp³-hybridized carbons (Fsp3) is 0.588. The first-order valence-electron chi connectivity index (χ1n) is 8.08. The zero-order chi connectivity index (χ0) is 15.8. The molecule has 1 aliphatic rings. The van der Waals surface area contributed by atoms with Gasteiger partial charge in [-0.25, -0.2) is 4.39 Å². The summed E-state index contributed by atoms with van der Waals surface area (Å²) in [6, 6.07) is 6.52. The maximum absolute atomic E-state index is 12.9. The van der Waals surface area contributed by atoms with Gasteiger partial charge in [-0.15, -0.1) is 0 Å². The van der Waals surface area contributed by atoms with Crippen LogP contribution in [-0.4, -0.2) is 44.1 Å². The van der Waals surface area contributed by atoms with Crippen molar-refractivity contribution >= 4 is 5.96 Å². The van der Waals surface area contributed by atoms with Gasteiger partial charge in [-0.1, -0.05) is 19.1 Å². The average molecular weight is 306 g/mol. The lowest BCUT2D eigenvalue weighted by Crippen LogP contribution is -2.43. The molecule has 22 heavy (non-hydrogen) atoms. The number of guanidine groups is 1. The van der Waals surface area contributed by atoms with Gasteiger partial charge >= 0.3 is 0 Å². The Balaban J connectivity index is 1.66. The van der Waals surface area contributed by atoms with Crippen LogP contribution in [0.2, 0.25) is 0 Å². The van der Waals surface area contributed by atoms with Crippen LogP contribution in [0.25, 0.3) is 0 Å². The third-order valence-corrected chi connectivity index (χ3v) is 4.19. The number of halogens is 1. The lowest BCUT2D eigenvalue weighted by Gasteiger charge is -2.30. The number of benzene rings is 1. The van der Waals surface area contributed by atoms with E-state index in [0.29, 0.717) is 6.54 Å². The van der Waals surface area contributed by atoms with Crippen LogP contribution in [0.4, 0.5) is 4.39 Å². The van der Waals surface area contributed by atoms with Gasteiger partial charge in [0, 0.05) is 26.7 Å². The average Bonchev–Trinajstić information content (AvgIpc) is 2.54. The Kier molecular flexibility index (Phi) is 6.65. The van der Waals surface area contributed by atoms with E-state index < -0.39 is 0 Å². The van der Waals surface area contributed by atoms with Gasteiger partial charge in [0.15, 0.2) is 5.96 Å². The number of hydrogen-bond donors (Lipinski definition) is 2. The first-order valence-corrected chi connectivity index (χ1v) is 8.08. The summed E-state index contributed by atoms with van der Waals surface area (Å²) in [5.41, 5.74) is 1.04. The molecule has 0 spiro atoms. The number of nitrogens with zero attached hydrogens (tertiary/aromatic N) is 2. The number of piperidine rings is 1. The zero-order valence-electron chi connectivity index (χ0n) is 13.6. The second-order valence-electron chi connectivity index (χ2n) is 6.00. The molecular formula is C17H27FN4. The lowest BCUT2D eigenvalue weighted by molar-refractivity contribution is 0.195. The van der Waals surface area contributed by atoms with Crippen LogP contribution in [0, 0.1) is 11.7 Å². The molecule has 0 bridgehead atoms. The van der Waals surface area contributed by atoms with Gasteiger partial charge in [0.25, 0.3) is 0 Å². The molecule has 1 saturated heterocycles. The summed E-state index contributed by atoms with van der Waals surface area (Å²) in [4.78, 5) is 6.72. The van der Waals surface area contributed by atoms with Crippen LogP contribution in [0.15, 0.2) is 29.3 Å². The van der Waals surface area contributed by atoms with Crippen LogP contribution in [-0.2, 0) is 6.54 Å². The fourth-order valence-electron chi connectivity index (χ4n) is 2.63. The van der Waals surface area contributed by atoms with Gasteiger partial charge < -0.3 is 15.5 Å². The van der Waals surface area contributed by atoms with Crippen LogP contribution < -0.4 is 10.6 Å². The third-order valence-electron chi connectivity index (χ3n) is 4.19. The van der Waals surface area contributed by atoms with E-state index in [1.165, 1.54) is 38.1 Å². The summed E-state index contributed by atoms with van der Waals surface area (Å²) in [7, 11) is 1.77. The minimum Gasteiger partial charge on any atom is -0.355 e. The highest BCUT2D eigenvalue weighted by Crippen LogP contribution is 2.15. The van der Waals surface area contributed by atoms with Gasteiger partial charge in [-0.05, 0) is 49.5 Å². The molecule has 0 atom stereocenters. The van der Waals surface area contributed by atoms with Crippen LogP contribution in [0.5, 0.6) is 0 Å². The van der Waals surface area contributed by atoms with E-state index >= 15 is 0 Å². The summed E-state index contributed by atoms with van der Waals surface area (Å²) in [5, 5.41) is 6.58. The van der Waals surface area contributed by atoms with Gasteiger partial charge in [-0.2, -0.15) is 0 Å². The van der Waals surface area contributed by atoms with Crippen molar-refractivity contribution in [2.45, 2.75) is 26.3 Å². The van der Waals surface area contributed by atoms with Crippen molar-refractivity contribution in [3.05, 3.63) is 35.6 Å². The first kappa shape index (κ1) is 16.7. The summed E-state index contributed by atoms with van der Waals surface area (Å²) >= 11 is 0. The third kappa shape index (κ3) is 5.64. The smallest absolute Gasteiger partial charge is 0.191 e. The summed E-state index contributed by atoms with van der Waals surface area (Å²) < 4.78 is 12.9. The first-order chi connectivity index (χ1) is 10.7. The minimum absolute atomic E-state index is 0.206. The topological polar surface area (TPSA) is 39.7 Å². The van der Waals surface area contributed by atoms with Crippen molar-refractivity contribution in [3.63, 3.8) is 0 Å². The molecule has 1 aromatic rings. The highest BCUT2D eigenvalue weighted by Gasteiger charge is 2.14. The van der Waals surface area contributed by atoms with Gasteiger partial charge in [0.2, 0.25) is 0 Å². The fourth-order valence-corrected chi connectivity index (χ4v) is 2.63. The van der Waals surface area contributed by atoms with Crippen LogP contribution in [0.1, 0.15) is 25.3 Å². The normalized spacial score (nSPS) is 17.5. The van der Waals surface area contributed by atoms with E-state index in [4.69, 9.17) is 0 Å². The monoisotopic (exact) mass is 306 g/mol. The standard InChI is InChI=1S/C17H27FN4/c1-14-7-10-22(11-8-14)12-9-20-17(19-2)21-13-15-3-5-16(18)6-4-15/h3-6,14H,7-13H2,1-2H3,(H2,19,20,21). The molecule has 122 valence electrons. The lowest BCUT2D eigenvalue weighted by atomic mass is 9.99. The Morgan fingerprint density at radius 3 is 2.55 bits per heavy atom. The number of hydrogen-bond acceptors (Lipinski definition) is 2. The van der Waals surface area contributed by atoms with E-state index in [0.717, 1.165) is 30.5 Å². The molecule has 2 N–H and O–H groups in total. The van der Waals surface area contributed by atoms with E-state index in [9.17, 15) is 4.39 Å². The molecule has 2 rings (SSSR count). The van der Waals surface area contributed by atoms with Crippen molar-refractivity contribution < 1.29 is 4.39 Å². The predicted octanol–water partition coefficient (Wildman–Crippen LogP) is 2.22. The van der Waals surface area contributed by atoms with E-state index in [1.54, 1.807) is 19.2 Å². The Morgan fingerprint density at radius 1 is 1.23 bits per heavy atom. The number of likely N-dealkylation sites (tertiary alicyclic amines) is 1. The van der Waals surface area contributed by atoms with E-state index in [-0.39, 0.29) is 5.82 Å². The van der Waals surface area contributed by atoms with Crippen molar-refractivity contribution in [2.75, 3.05) is 33.2 Å². The molecule has 1 heterocycles. The largest absolute Gasteiger partial charge is 0.355 e. The molecule has 0 amide bonds. The van der Waals surface area contributed by atoms with Crippen molar-refractivity contribution in [1.82, 2.24) is 15.5 Å². The number of nitrogens with one attached hydrogen (secondary N) is 2. The molecule has 0 saturated carbocycles. The van der Waals surface area contributed by atoms with Crippen molar-refractivity contribution in [2.24, 2.45) is 10.9 Å². The Morgan fingerprint density at radius 2 is 1.91 bits per heavy atom. The molecule has 5 heteroatoms. The van der Waals surface area contributed by atoms with Gasteiger partial charge in [-0.3, -0.25) is 4.99 Å². The summed E-state index contributed by atoms with van der Waals surface area (Å²) in [5.74, 6) is 1.45. The predicted molar refractivity (Wildman–Crippen MR) is 89.4 cm³/mol. The van der Waals surface area contributed by atoms with Crippen molar-refractivity contribution in [1.29, 1.82) is 0 Å². The van der Waals surface area contributed by atoms with Crippen LogP contribution in [0.3, 0.4) is 0 Å². The number of aliphatic imine (C=N–C) groups is 1. The molecule has 4 nitrogen and oxygen atoms in total. The minimum atomic E-state index is -0.206. The second-order valence-corrected chi connectivity index (χ2v) is 6.00. The summed E-state index contributed by atoms with van der Waals surface area (Å²) in [6.45, 7) is 7.30. The Bertz CT molecular complexity index is 464. The highest BCUT2D eigenvalue weighted by atomic mass is 19.1. The van der Waals surface area contributed by atoms with E-state index in [1.807, 2.05) is 0 Å². The summed E-state index contributed by atoms with van der Waals surface area (Å²) in [6.07, 6.45) is 2.61. The molecular weight excluding hydrogens is 279 g/mol. The quantitative estimate of drug-likeness (QED) is 0.647. The second kappa shape index (κ2) is 8.73. The Hall–Kier alpha value is -1.62. The molecule has 1 aromatic carbocycles.